The Balaban J connectivity index is 2.98. The molecule has 1 atom stereocenters. The smallest absolute Gasteiger partial charge is 0.0701 e. The summed E-state index contributed by atoms with van der Waals surface area (Å²) in [6.45, 7) is 7.18. The Morgan fingerprint density at radius 1 is 0.882 bits per heavy atom. The van der Waals surface area contributed by atoms with E-state index in [4.69, 9.17) is 14.6 Å². The van der Waals surface area contributed by atoms with E-state index < -0.39 is 0 Å². The van der Waals surface area contributed by atoms with Crippen LogP contribution in [0.4, 0.5) is 0 Å². The number of hydrogen-bond acceptors (Lipinski definition) is 3. The highest BCUT2D eigenvalue weighted by Gasteiger charge is 1.99. The lowest BCUT2D eigenvalue weighted by Crippen LogP contribution is -2.07. The molecule has 0 bridgehead atoms. The summed E-state index contributed by atoms with van der Waals surface area (Å²) in [7, 11) is 0. The van der Waals surface area contributed by atoms with Gasteiger partial charge in [0.25, 0.3) is 0 Å². The average molecular weight is 246 g/mol. The molecule has 0 fully saturated rings. The van der Waals surface area contributed by atoms with Crippen LogP contribution in [-0.4, -0.2) is 38.1 Å². The normalized spacial score (nSPS) is 12.9. The highest BCUT2D eigenvalue weighted by Crippen LogP contribution is 2.14. The first-order valence-corrected chi connectivity index (χ1v) is 7.07. The van der Waals surface area contributed by atoms with E-state index in [1.54, 1.807) is 0 Å². The summed E-state index contributed by atoms with van der Waals surface area (Å²) in [6, 6.07) is 0. The Kier molecular flexibility index (Phi) is 13.8. The van der Waals surface area contributed by atoms with Gasteiger partial charge in [0.1, 0.15) is 0 Å². The van der Waals surface area contributed by atoms with Crippen molar-refractivity contribution in [2.45, 2.75) is 52.4 Å². The molecule has 0 saturated heterocycles. The van der Waals surface area contributed by atoms with Crippen molar-refractivity contribution < 1.29 is 14.6 Å². The molecule has 0 aromatic rings. The summed E-state index contributed by atoms with van der Waals surface area (Å²) in [5.41, 5.74) is 0. The molecule has 0 aromatic carbocycles. The molecule has 3 nitrogen and oxygen atoms in total. The van der Waals surface area contributed by atoms with Crippen LogP contribution in [0.2, 0.25) is 0 Å². The lowest BCUT2D eigenvalue weighted by molar-refractivity contribution is 0.0320. The first kappa shape index (κ1) is 16.9. The molecule has 3 heteroatoms. The minimum Gasteiger partial charge on any atom is -0.394 e. The molecule has 0 radical (unpaired) electrons. The van der Waals surface area contributed by atoms with Crippen molar-refractivity contribution in [1.29, 1.82) is 0 Å². The molecule has 0 saturated carbocycles. The highest BCUT2D eigenvalue weighted by atomic mass is 16.5. The van der Waals surface area contributed by atoms with Crippen molar-refractivity contribution in [2.24, 2.45) is 5.92 Å². The third kappa shape index (κ3) is 13.8. The fraction of sp³-hybridized carbons (Fsp3) is 1.00. The lowest BCUT2D eigenvalue weighted by atomic mass is 9.99. The predicted molar refractivity (Wildman–Crippen MR) is 71.3 cm³/mol. The topological polar surface area (TPSA) is 38.7 Å². The standard InChI is InChI=1S/C14H30O3/c1-3-7-14(2)8-5-4-6-10-16-12-13-17-11-9-15/h14-15H,3-13H2,1-2H3. The molecule has 0 heterocycles. The van der Waals surface area contributed by atoms with E-state index in [0.717, 1.165) is 18.9 Å². The summed E-state index contributed by atoms with van der Waals surface area (Å²) in [4.78, 5) is 0. The third-order valence-corrected chi connectivity index (χ3v) is 2.87. The van der Waals surface area contributed by atoms with E-state index in [9.17, 15) is 0 Å². The fourth-order valence-corrected chi connectivity index (χ4v) is 1.90. The second-order valence-corrected chi connectivity index (χ2v) is 4.69. The van der Waals surface area contributed by atoms with Crippen molar-refractivity contribution in [1.82, 2.24) is 0 Å². The zero-order valence-electron chi connectivity index (χ0n) is 11.6. The molecule has 104 valence electrons. The number of ether oxygens (including phenoxy) is 2. The van der Waals surface area contributed by atoms with Crippen LogP contribution in [-0.2, 0) is 9.47 Å². The minimum atomic E-state index is 0.0932. The molecule has 0 aliphatic rings. The minimum absolute atomic E-state index is 0.0932. The number of aliphatic hydroxyl groups excluding tert-OH is 1. The maximum absolute atomic E-state index is 8.48. The molecule has 17 heavy (non-hydrogen) atoms. The summed E-state index contributed by atoms with van der Waals surface area (Å²) < 4.78 is 10.5. The van der Waals surface area contributed by atoms with Gasteiger partial charge in [-0.15, -0.1) is 0 Å². The van der Waals surface area contributed by atoms with Crippen LogP contribution >= 0.6 is 0 Å². The molecule has 0 aromatic heterocycles. The summed E-state index contributed by atoms with van der Waals surface area (Å²) >= 11 is 0. The van der Waals surface area contributed by atoms with Crippen molar-refractivity contribution >= 4 is 0 Å². The average Bonchev–Trinajstić information content (AvgIpc) is 2.32. The molecule has 1 unspecified atom stereocenters. The van der Waals surface area contributed by atoms with Crippen LogP contribution in [0.5, 0.6) is 0 Å². The Hall–Kier alpha value is -0.120. The van der Waals surface area contributed by atoms with Gasteiger partial charge in [-0.05, 0) is 12.3 Å². The van der Waals surface area contributed by atoms with Crippen LogP contribution in [0.25, 0.3) is 0 Å². The van der Waals surface area contributed by atoms with Crippen LogP contribution < -0.4 is 0 Å². The molecule has 1 N–H and O–H groups in total. The number of rotatable bonds is 13. The molecule has 0 spiro atoms. The molecule has 0 rings (SSSR count). The van der Waals surface area contributed by atoms with Gasteiger partial charge in [0.15, 0.2) is 0 Å². The maximum Gasteiger partial charge on any atom is 0.0701 e. The van der Waals surface area contributed by atoms with Gasteiger partial charge in [0.05, 0.1) is 26.4 Å². The van der Waals surface area contributed by atoms with Gasteiger partial charge in [0.2, 0.25) is 0 Å². The van der Waals surface area contributed by atoms with E-state index in [1.807, 2.05) is 0 Å². The largest absolute Gasteiger partial charge is 0.394 e. The van der Waals surface area contributed by atoms with E-state index in [1.165, 1.54) is 32.1 Å². The summed E-state index contributed by atoms with van der Waals surface area (Å²) in [6.07, 6.45) is 7.76. The predicted octanol–water partition coefficient (Wildman–Crippen LogP) is 3.01. The Morgan fingerprint density at radius 3 is 2.24 bits per heavy atom. The van der Waals surface area contributed by atoms with Gasteiger partial charge in [-0.2, -0.15) is 0 Å². The fourth-order valence-electron chi connectivity index (χ4n) is 1.90. The van der Waals surface area contributed by atoms with Crippen LogP contribution in [0.3, 0.4) is 0 Å². The van der Waals surface area contributed by atoms with Crippen LogP contribution in [0.15, 0.2) is 0 Å². The van der Waals surface area contributed by atoms with Crippen molar-refractivity contribution in [3.63, 3.8) is 0 Å². The zero-order chi connectivity index (χ0) is 12.8. The van der Waals surface area contributed by atoms with Crippen molar-refractivity contribution in [3.05, 3.63) is 0 Å². The summed E-state index contributed by atoms with van der Waals surface area (Å²) in [5.74, 6) is 0.882. The van der Waals surface area contributed by atoms with Crippen LogP contribution in [0.1, 0.15) is 52.4 Å². The molecule has 0 aliphatic carbocycles. The van der Waals surface area contributed by atoms with Gasteiger partial charge in [-0.1, -0.05) is 46.0 Å². The van der Waals surface area contributed by atoms with Gasteiger partial charge in [0, 0.05) is 6.61 Å². The van der Waals surface area contributed by atoms with Gasteiger partial charge >= 0.3 is 0 Å². The highest BCUT2D eigenvalue weighted by molar-refractivity contribution is 4.52. The van der Waals surface area contributed by atoms with E-state index >= 15 is 0 Å². The quantitative estimate of drug-likeness (QED) is 0.508. The zero-order valence-corrected chi connectivity index (χ0v) is 11.6. The molecule has 0 amide bonds. The van der Waals surface area contributed by atoms with Crippen molar-refractivity contribution in [3.8, 4) is 0 Å². The molecular weight excluding hydrogens is 216 g/mol. The van der Waals surface area contributed by atoms with E-state index in [0.29, 0.717) is 19.8 Å². The maximum atomic E-state index is 8.48. The third-order valence-electron chi connectivity index (χ3n) is 2.87. The second-order valence-electron chi connectivity index (χ2n) is 4.69. The SMILES string of the molecule is CCCC(C)CCCCCOCCOCCO. The number of unbranched alkanes of at least 4 members (excludes halogenated alkanes) is 2. The van der Waals surface area contributed by atoms with E-state index in [2.05, 4.69) is 13.8 Å². The Labute approximate surface area is 107 Å². The van der Waals surface area contributed by atoms with Gasteiger partial charge < -0.3 is 14.6 Å². The van der Waals surface area contributed by atoms with Gasteiger partial charge in [-0.3, -0.25) is 0 Å². The Bertz CT molecular complexity index is 139. The number of aliphatic hydroxyl groups is 1. The molecule has 0 aliphatic heterocycles. The second kappa shape index (κ2) is 13.9. The monoisotopic (exact) mass is 246 g/mol. The number of hydrogen-bond donors (Lipinski definition) is 1. The van der Waals surface area contributed by atoms with Crippen molar-refractivity contribution in [2.75, 3.05) is 33.0 Å². The van der Waals surface area contributed by atoms with E-state index in [-0.39, 0.29) is 6.61 Å². The van der Waals surface area contributed by atoms with Crippen LogP contribution in [0, 0.1) is 5.92 Å². The lowest BCUT2D eigenvalue weighted by Gasteiger charge is -2.09. The summed E-state index contributed by atoms with van der Waals surface area (Å²) in [5, 5.41) is 8.48. The first-order chi connectivity index (χ1) is 8.31. The Morgan fingerprint density at radius 2 is 1.59 bits per heavy atom. The molecular formula is C14H30O3. The first-order valence-electron chi connectivity index (χ1n) is 7.07. The van der Waals surface area contributed by atoms with Gasteiger partial charge in [-0.25, -0.2) is 0 Å².